The van der Waals surface area contributed by atoms with Crippen LogP contribution in [-0.2, 0) is 18.9 Å². The maximum Gasteiger partial charge on any atom is 0.186 e. The number of ether oxygens (including phenoxy) is 4. The Bertz CT molecular complexity index is 788. The van der Waals surface area contributed by atoms with Gasteiger partial charge in [-0.05, 0) is 19.3 Å². The van der Waals surface area contributed by atoms with E-state index in [-0.39, 0.29) is 31.5 Å². The van der Waals surface area contributed by atoms with Gasteiger partial charge in [-0.25, -0.2) is 0 Å². The molecule has 0 spiro atoms. The van der Waals surface area contributed by atoms with Gasteiger partial charge in [0.05, 0.1) is 37.4 Å². The van der Waals surface area contributed by atoms with E-state index in [0.717, 1.165) is 0 Å². The average molecular weight is 582 g/mol. The van der Waals surface area contributed by atoms with Crippen LogP contribution in [0.2, 0.25) is 0 Å². The van der Waals surface area contributed by atoms with Gasteiger partial charge in [0.1, 0.15) is 48.6 Å². The lowest BCUT2D eigenvalue weighted by molar-refractivity contribution is -0.313. The lowest BCUT2D eigenvalue weighted by atomic mass is 9.83. The number of aliphatic hydroxyl groups is 6. The molecule has 234 valence electrons. The molecule has 0 aromatic carbocycles. The highest BCUT2D eigenvalue weighted by Crippen LogP contribution is 2.31. The van der Waals surface area contributed by atoms with Crippen LogP contribution in [-0.4, -0.2) is 155 Å². The molecule has 17 nitrogen and oxygen atoms in total. The molecule has 0 radical (unpaired) electrons. The first-order valence-corrected chi connectivity index (χ1v) is 13.6. The molecule has 1 saturated carbocycles. The van der Waals surface area contributed by atoms with Crippen LogP contribution in [0.25, 0.3) is 0 Å². The summed E-state index contributed by atoms with van der Waals surface area (Å²) in [6.45, 7) is 0.00706. The van der Waals surface area contributed by atoms with Gasteiger partial charge in [0, 0.05) is 25.7 Å². The van der Waals surface area contributed by atoms with Gasteiger partial charge in [-0.2, -0.15) is 0 Å². The molecule has 3 rings (SSSR count). The summed E-state index contributed by atoms with van der Waals surface area (Å²) >= 11 is 0. The minimum atomic E-state index is -1.53. The molecule has 3 aliphatic rings. The van der Waals surface area contributed by atoms with E-state index in [1.54, 1.807) is 0 Å². The van der Waals surface area contributed by atoms with Gasteiger partial charge < -0.3 is 83.2 Å². The van der Waals surface area contributed by atoms with Crippen LogP contribution in [0.1, 0.15) is 19.3 Å². The van der Waals surface area contributed by atoms with Gasteiger partial charge >= 0.3 is 0 Å². The largest absolute Gasteiger partial charge is 0.395 e. The molecule has 0 amide bonds. The lowest BCUT2D eigenvalue weighted by Gasteiger charge is -2.48. The van der Waals surface area contributed by atoms with Crippen LogP contribution in [0, 0.1) is 5.41 Å². The molecule has 1 aliphatic carbocycles. The SMILES string of the molecule is N=C(N[C@@H]1C[C@H](N)C(O[C@H]2O[C@H](CNCCO)CCC2N)C(O)C1O[C@H]1OC(CO)C(O)[C@H](N)C1O)C(O)CN. The molecule has 2 heterocycles. The Hall–Kier alpha value is -1.13. The van der Waals surface area contributed by atoms with Gasteiger partial charge in [-0.15, -0.1) is 0 Å². The summed E-state index contributed by atoms with van der Waals surface area (Å²) in [7, 11) is 0. The maximum atomic E-state index is 11.5. The van der Waals surface area contributed by atoms with E-state index in [0.29, 0.717) is 25.9 Å². The van der Waals surface area contributed by atoms with Gasteiger partial charge in [0.25, 0.3) is 0 Å². The summed E-state index contributed by atoms with van der Waals surface area (Å²) in [5.74, 6) is -0.332. The third-order valence-electron chi connectivity index (χ3n) is 7.59. The maximum absolute atomic E-state index is 11.5. The summed E-state index contributed by atoms with van der Waals surface area (Å²) in [6.07, 6.45) is -10.5. The first-order chi connectivity index (χ1) is 19.0. The second-order valence-electron chi connectivity index (χ2n) is 10.6. The van der Waals surface area contributed by atoms with Crippen LogP contribution < -0.4 is 33.6 Å². The zero-order valence-electron chi connectivity index (χ0n) is 22.4. The van der Waals surface area contributed by atoms with E-state index in [1.165, 1.54) is 0 Å². The Balaban J connectivity index is 1.78. The molecule has 0 aromatic rings. The number of nitrogens with one attached hydrogen (secondary N) is 3. The second-order valence-corrected chi connectivity index (χ2v) is 10.6. The van der Waals surface area contributed by atoms with Gasteiger partial charge in [0.2, 0.25) is 0 Å². The fourth-order valence-corrected chi connectivity index (χ4v) is 5.19. The third kappa shape index (κ3) is 8.03. The first kappa shape index (κ1) is 33.4. The monoisotopic (exact) mass is 581 g/mol. The summed E-state index contributed by atoms with van der Waals surface area (Å²) in [5.41, 5.74) is 24.0. The number of nitrogens with two attached hydrogens (primary N) is 4. The van der Waals surface area contributed by atoms with Crippen molar-refractivity contribution in [3.63, 3.8) is 0 Å². The number of rotatable bonds is 12. The van der Waals surface area contributed by atoms with Gasteiger partial charge in [-0.3, -0.25) is 5.41 Å². The highest BCUT2D eigenvalue weighted by molar-refractivity contribution is 5.83. The summed E-state index contributed by atoms with van der Waals surface area (Å²) in [4.78, 5) is 0. The van der Waals surface area contributed by atoms with Gasteiger partial charge in [0.15, 0.2) is 12.6 Å². The van der Waals surface area contributed by atoms with Crippen LogP contribution in [0.3, 0.4) is 0 Å². The van der Waals surface area contributed by atoms with E-state index in [2.05, 4.69) is 10.6 Å². The number of aliphatic hydroxyl groups excluding tert-OH is 6. The smallest absolute Gasteiger partial charge is 0.186 e. The second kappa shape index (κ2) is 15.4. The summed E-state index contributed by atoms with van der Waals surface area (Å²) in [5, 5.41) is 74.9. The van der Waals surface area contributed by atoms with E-state index in [1.807, 2.05) is 0 Å². The Morgan fingerprint density at radius 1 is 0.950 bits per heavy atom. The molecule has 14 atom stereocenters. The van der Waals surface area contributed by atoms with Crippen LogP contribution >= 0.6 is 0 Å². The minimum Gasteiger partial charge on any atom is -0.395 e. The Kier molecular flexibility index (Phi) is 12.8. The zero-order valence-corrected chi connectivity index (χ0v) is 22.4. The standard InChI is InChI=1S/C23H47N7O10/c24-6-13(33)21(28)30-12-5-11(26)19(39-22-10(25)2-1-9(37-22)7-29-3-4-31)18(36)20(12)40-23-17(35)15(27)16(34)14(8-32)38-23/h9-20,22-23,29,31-36H,1-8,24-27H2,(H2,28,30)/t9-,10?,11-,12+,13?,14?,15-,16?,17?,18?,19?,20?,22+,23+/m0/s1. The fraction of sp³-hybridized carbons (Fsp3) is 0.957. The summed E-state index contributed by atoms with van der Waals surface area (Å²) in [6, 6.07) is -3.41. The normalized spacial score (nSPS) is 43.3. The van der Waals surface area contributed by atoms with Crippen molar-refractivity contribution in [2.45, 2.75) is 105 Å². The molecular formula is C23H47N7O10. The van der Waals surface area contributed by atoms with Crippen molar-refractivity contribution in [2.24, 2.45) is 22.9 Å². The van der Waals surface area contributed by atoms with Crippen molar-refractivity contribution in [3.8, 4) is 0 Å². The van der Waals surface area contributed by atoms with Crippen molar-refractivity contribution in [1.82, 2.24) is 10.6 Å². The van der Waals surface area contributed by atoms with Crippen molar-refractivity contribution in [3.05, 3.63) is 0 Å². The molecular weight excluding hydrogens is 534 g/mol. The van der Waals surface area contributed by atoms with Crippen LogP contribution in [0.5, 0.6) is 0 Å². The summed E-state index contributed by atoms with van der Waals surface area (Å²) < 4.78 is 23.6. The number of hydrogen-bond donors (Lipinski definition) is 13. The lowest BCUT2D eigenvalue weighted by Crippen LogP contribution is -2.69. The number of amidine groups is 1. The molecule has 3 fully saturated rings. The third-order valence-corrected chi connectivity index (χ3v) is 7.59. The van der Waals surface area contributed by atoms with Crippen molar-refractivity contribution in [2.75, 3.05) is 32.8 Å². The number of hydrogen-bond acceptors (Lipinski definition) is 16. The topological polar surface area (TPSA) is 310 Å². The van der Waals surface area contributed by atoms with Crippen LogP contribution in [0.4, 0.5) is 0 Å². The van der Waals surface area contributed by atoms with Crippen molar-refractivity contribution < 1.29 is 49.6 Å². The Morgan fingerprint density at radius 3 is 2.30 bits per heavy atom. The first-order valence-electron chi connectivity index (χ1n) is 13.6. The molecule has 0 bridgehead atoms. The zero-order chi connectivity index (χ0) is 29.6. The molecule has 40 heavy (non-hydrogen) atoms. The predicted molar refractivity (Wildman–Crippen MR) is 140 cm³/mol. The van der Waals surface area contributed by atoms with Crippen molar-refractivity contribution in [1.29, 1.82) is 5.41 Å². The molecule has 2 saturated heterocycles. The highest BCUT2D eigenvalue weighted by atomic mass is 16.7. The Morgan fingerprint density at radius 2 is 1.65 bits per heavy atom. The van der Waals surface area contributed by atoms with Crippen molar-refractivity contribution >= 4 is 5.84 Å². The highest BCUT2D eigenvalue weighted by Gasteiger charge is 2.51. The molecule has 17 heteroatoms. The predicted octanol–water partition coefficient (Wildman–Crippen LogP) is -6.72. The van der Waals surface area contributed by atoms with Crippen LogP contribution in [0.15, 0.2) is 0 Å². The molecule has 2 aliphatic heterocycles. The quantitative estimate of drug-likeness (QED) is 0.0578. The van der Waals surface area contributed by atoms with Gasteiger partial charge in [-0.1, -0.05) is 0 Å². The van der Waals surface area contributed by atoms with E-state index >= 15 is 0 Å². The van der Waals surface area contributed by atoms with E-state index < -0.39 is 86.1 Å². The minimum absolute atomic E-state index is 0.0199. The fourth-order valence-electron chi connectivity index (χ4n) is 5.19. The molecule has 8 unspecified atom stereocenters. The molecule has 0 aromatic heterocycles. The molecule has 17 N–H and O–H groups in total. The Labute approximate surface area is 232 Å². The van der Waals surface area contributed by atoms with E-state index in [9.17, 15) is 25.5 Å². The average Bonchev–Trinajstić information content (AvgIpc) is 2.94. The van der Waals surface area contributed by atoms with E-state index in [4.69, 9.17) is 52.4 Å².